The van der Waals surface area contributed by atoms with E-state index in [0.717, 1.165) is 16.4 Å². The van der Waals surface area contributed by atoms with Gasteiger partial charge >= 0.3 is 0 Å². The Morgan fingerprint density at radius 3 is 2.52 bits per heavy atom. The molecule has 0 bridgehead atoms. The molecular formula is C26H28F2N6O5S. The Balaban J connectivity index is 1.40. The maximum Gasteiger partial charge on any atom is 0.277 e. The van der Waals surface area contributed by atoms with E-state index < -0.39 is 37.9 Å². The van der Waals surface area contributed by atoms with E-state index >= 15 is 0 Å². The molecule has 14 heteroatoms. The van der Waals surface area contributed by atoms with Crippen LogP contribution in [0.4, 0.5) is 20.3 Å². The first kappa shape index (κ1) is 27.8. The normalized spacial score (nSPS) is 17.7. The lowest BCUT2D eigenvalue weighted by molar-refractivity contribution is -0.122. The molecule has 212 valence electrons. The van der Waals surface area contributed by atoms with Gasteiger partial charge in [0.05, 0.1) is 10.6 Å². The maximum atomic E-state index is 13.8. The van der Waals surface area contributed by atoms with Gasteiger partial charge in [-0.1, -0.05) is 13.8 Å². The minimum absolute atomic E-state index is 0.00132. The number of aromatic amines is 1. The van der Waals surface area contributed by atoms with E-state index in [1.54, 1.807) is 26.0 Å². The summed E-state index contributed by atoms with van der Waals surface area (Å²) < 4.78 is 60.8. The number of halogens is 2. The highest BCUT2D eigenvalue weighted by Crippen LogP contribution is 2.38. The summed E-state index contributed by atoms with van der Waals surface area (Å²) in [6.45, 7) is 4.33. The number of carbonyl (C=O) groups excluding carboxylic acids is 2. The first-order valence-corrected chi connectivity index (χ1v) is 14.1. The summed E-state index contributed by atoms with van der Waals surface area (Å²) >= 11 is 0. The Bertz CT molecular complexity index is 1550. The van der Waals surface area contributed by atoms with Gasteiger partial charge in [-0.05, 0) is 37.1 Å². The molecule has 0 atom stereocenters. The number of fused-ring (bicyclic) bond motifs is 1. The summed E-state index contributed by atoms with van der Waals surface area (Å²) in [6.07, 6.45) is 2.56. The van der Waals surface area contributed by atoms with Gasteiger partial charge in [-0.25, -0.2) is 22.2 Å². The topological polar surface area (TPSA) is 146 Å². The van der Waals surface area contributed by atoms with Crippen molar-refractivity contribution in [1.29, 1.82) is 0 Å². The van der Waals surface area contributed by atoms with Crippen LogP contribution in [0.1, 0.15) is 48.4 Å². The number of rotatable bonds is 6. The van der Waals surface area contributed by atoms with E-state index in [1.807, 2.05) is 0 Å². The minimum atomic E-state index is -4.30. The molecule has 1 fully saturated rings. The van der Waals surface area contributed by atoms with Gasteiger partial charge in [0.2, 0.25) is 15.9 Å². The Kier molecular flexibility index (Phi) is 7.42. The molecule has 0 aliphatic carbocycles. The number of hydrogen-bond donors (Lipinski definition) is 3. The predicted molar refractivity (Wildman–Crippen MR) is 140 cm³/mol. The van der Waals surface area contributed by atoms with E-state index in [2.05, 4.69) is 25.8 Å². The minimum Gasteiger partial charge on any atom is -0.381 e. The second-order valence-corrected chi connectivity index (χ2v) is 12.4. The number of ether oxygens (including phenoxy) is 1. The second kappa shape index (κ2) is 10.7. The Morgan fingerprint density at radius 2 is 1.82 bits per heavy atom. The SMILES string of the molecule is CC1(C)CN(S(=O)(=O)c2cc(F)cc(F)c2)Cc2c(NC(=O)c3ncccc3NC(=O)C3CCOCC3)n[nH]c21. The van der Waals surface area contributed by atoms with Crippen LogP contribution in [0, 0.1) is 17.6 Å². The molecule has 2 aliphatic rings. The van der Waals surface area contributed by atoms with Crippen molar-refractivity contribution in [2.45, 2.75) is 43.5 Å². The predicted octanol–water partition coefficient (Wildman–Crippen LogP) is 3.18. The molecule has 1 aromatic carbocycles. The van der Waals surface area contributed by atoms with Crippen LogP contribution in [-0.2, 0) is 31.5 Å². The largest absolute Gasteiger partial charge is 0.381 e. The van der Waals surface area contributed by atoms with E-state index in [1.165, 1.54) is 6.20 Å². The lowest BCUT2D eigenvalue weighted by atomic mass is 9.84. The molecular weight excluding hydrogens is 546 g/mol. The average Bonchev–Trinajstić information content (AvgIpc) is 3.32. The highest BCUT2D eigenvalue weighted by atomic mass is 32.2. The van der Waals surface area contributed by atoms with Crippen molar-refractivity contribution in [3.8, 4) is 0 Å². The van der Waals surface area contributed by atoms with Crippen LogP contribution < -0.4 is 10.6 Å². The van der Waals surface area contributed by atoms with Crippen molar-refractivity contribution in [2.24, 2.45) is 5.92 Å². The van der Waals surface area contributed by atoms with Gasteiger partial charge in [0, 0.05) is 61.2 Å². The standard InChI is InChI=1S/C26H28F2N6O5S/c1-26(2)14-34(40(37,38)18-11-16(27)10-17(28)12-18)13-19-22(26)32-33-23(19)31-25(36)21-20(4-3-7-29-21)30-24(35)15-5-8-39-9-6-15/h3-4,7,10-12,15H,5-6,8-9,13-14H2,1-2H3,(H,30,35)(H2,31,32,33,36). The fourth-order valence-electron chi connectivity index (χ4n) is 4.98. The Morgan fingerprint density at radius 1 is 1.12 bits per heavy atom. The van der Waals surface area contributed by atoms with Gasteiger partial charge in [-0.2, -0.15) is 9.40 Å². The number of H-pyrrole nitrogens is 1. The molecule has 1 saturated heterocycles. The zero-order chi connectivity index (χ0) is 28.7. The van der Waals surface area contributed by atoms with Crippen LogP contribution in [-0.4, -0.2) is 59.5 Å². The monoisotopic (exact) mass is 574 g/mol. The van der Waals surface area contributed by atoms with Gasteiger partial charge in [-0.3, -0.25) is 14.7 Å². The smallest absolute Gasteiger partial charge is 0.277 e. The molecule has 3 N–H and O–H groups in total. The molecule has 0 spiro atoms. The lowest BCUT2D eigenvalue weighted by Gasteiger charge is -2.36. The third-order valence-corrected chi connectivity index (χ3v) is 8.80. The van der Waals surface area contributed by atoms with Gasteiger partial charge in [0.1, 0.15) is 11.6 Å². The Hall–Kier alpha value is -3.75. The fraction of sp³-hybridized carbons (Fsp3) is 0.385. The summed E-state index contributed by atoms with van der Waals surface area (Å²) in [4.78, 5) is 29.7. The summed E-state index contributed by atoms with van der Waals surface area (Å²) in [6, 6.07) is 5.27. The van der Waals surface area contributed by atoms with Crippen LogP contribution in [0.15, 0.2) is 41.4 Å². The lowest BCUT2D eigenvalue weighted by Crippen LogP contribution is -2.45. The molecule has 4 heterocycles. The molecule has 0 saturated carbocycles. The van der Waals surface area contributed by atoms with E-state index in [-0.39, 0.29) is 42.1 Å². The van der Waals surface area contributed by atoms with Crippen LogP contribution in [0.5, 0.6) is 0 Å². The van der Waals surface area contributed by atoms with Gasteiger partial charge in [0.15, 0.2) is 11.5 Å². The highest BCUT2D eigenvalue weighted by Gasteiger charge is 2.41. The Labute approximate surface area is 229 Å². The van der Waals surface area contributed by atoms with Crippen LogP contribution in [0.3, 0.4) is 0 Å². The molecule has 0 radical (unpaired) electrons. The molecule has 2 aromatic heterocycles. The molecule has 3 aromatic rings. The van der Waals surface area contributed by atoms with Gasteiger partial charge < -0.3 is 15.4 Å². The summed E-state index contributed by atoms with van der Waals surface area (Å²) in [5.74, 6) is -3.10. The number of amides is 2. The number of carbonyl (C=O) groups is 2. The first-order chi connectivity index (χ1) is 19.0. The zero-order valence-electron chi connectivity index (χ0n) is 21.8. The third-order valence-electron chi connectivity index (χ3n) is 7.03. The zero-order valence-corrected chi connectivity index (χ0v) is 22.6. The van der Waals surface area contributed by atoms with Crippen LogP contribution in [0.2, 0.25) is 0 Å². The number of nitrogens with one attached hydrogen (secondary N) is 3. The second-order valence-electron chi connectivity index (χ2n) is 10.4. The van der Waals surface area contributed by atoms with Crippen molar-refractivity contribution in [1.82, 2.24) is 19.5 Å². The molecule has 2 aliphatic heterocycles. The number of anilines is 2. The summed E-state index contributed by atoms with van der Waals surface area (Å²) in [5, 5.41) is 12.5. The van der Waals surface area contributed by atoms with E-state index in [0.29, 0.717) is 43.4 Å². The number of aromatic nitrogens is 3. The highest BCUT2D eigenvalue weighted by molar-refractivity contribution is 7.89. The van der Waals surface area contributed by atoms with E-state index in [9.17, 15) is 26.8 Å². The van der Waals surface area contributed by atoms with Crippen LogP contribution in [0.25, 0.3) is 0 Å². The first-order valence-electron chi connectivity index (χ1n) is 12.6. The quantitative estimate of drug-likeness (QED) is 0.410. The van der Waals surface area contributed by atoms with Crippen molar-refractivity contribution >= 4 is 33.3 Å². The fourth-order valence-corrected chi connectivity index (χ4v) is 6.59. The number of nitrogens with zero attached hydrogens (tertiary/aromatic N) is 3. The summed E-state index contributed by atoms with van der Waals surface area (Å²) in [7, 11) is -4.30. The molecule has 0 unspecified atom stereocenters. The number of benzene rings is 1. The number of hydrogen-bond acceptors (Lipinski definition) is 7. The van der Waals surface area contributed by atoms with Gasteiger partial charge in [-0.15, -0.1) is 0 Å². The summed E-state index contributed by atoms with van der Waals surface area (Å²) in [5.41, 5.74) is 0.395. The van der Waals surface area contributed by atoms with Crippen molar-refractivity contribution < 1.29 is 31.5 Å². The molecule has 5 rings (SSSR count). The van der Waals surface area contributed by atoms with E-state index in [4.69, 9.17) is 4.74 Å². The van der Waals surface area contributed by atoms with Crippen LogP contribution >= 0.6 is 0 Å². The molecule has 40 heavy (non-hydrogen) atoms. The maximum absolute atomic E-state index is 13.8. The number of pyridine rings is 1. The average molecular weight is 575 g/mol. The van der Waals surface area contributed by atoms with Gasteiger partial charge in [0.25, 0.3) is 5.91 Å². The number of sulfonamides is 1. The third kappa shape index (κ3) is 5.46. The molecule has 11 nitrogen and oxygen atoms in total. The van der Waals surface area contributed by atoms with Crippen molar-refractivity contribution in [2.75, 3.05) is 30.4 Å². The molecule has 2 amide bonds. The van der Waals surface area contributed by atoms with Crippen molar-refractivity contribution in [3.63, 3.8) is 0 Å². The van der Waals surface area contributed by atoms with Crippen molar-refractivity contribution in [3.05, 3.63) is 65.1 Å².